The number of hydrogen-bond donors (Lipinski definition) is 3. The Morgan fingerprint density at radius 2 is 1.85 bits per heavy atom. The van der Waals surface area contributed by atoms with Crippen LogP contribution < -0.4 is 20.1 Å². The fraction of sp³-hybridized carbons (Fsp3) is 0.586. The number of likely N-dealkylation sites (N-methyl/N-ethyl adjacent to an activating group) is 1. The van der Waals surface area contributed by atoms with Crippen LogP contribution in [0.1, 0.15) is 45.2 Å². The maximum absolute atomic E-state index is 13.1. The van der Waals surface area contributed by atoms with Gasteiger partial charge in [-0.1, -0.05) is 6.07 Å². The highest BCUT2D eigenvalue weighted by atomic mass is 16.6. The first-order valence-electron chi connectivity index (χ1n) is 13.8. The minimum atomic E-state index is -1.29. The molecule has 6 unspecified atom stereocenters. The fourth-order valence-corrected chi connectivity index (χ4v) is 6.93. The summed E-state index contributed by atoms with van der Waals surface area (Å²) < 4.78 is 23.2. The van der Waals surface area contributed by atoms with Crippen molar-refractivity contribution in [2.75, 3.05) is 20.7 Å². The molecule has 2 heterocycles. The van der Waals surface area contributed by atoms with Gasteiger partial charge < -0.3 is 39.6 Å². The fourth-order valence-electron chi connectivity index (χ4n) is 6.93. The van der Waals surface area contributed by atoms with E-state index in [0.717, 1.165) is 17.5 Å². The highest BCUT2D eigenvalue weighted by Crippen LogP contribution is 2.63. The van der Waals surface area contributed by atoms with Crippen LogP contribution in [0.25, 0.3) is 0 Å². The Morgan fingerprint density at radius 3 is 2.54 bits per heavy atom. The van der Waals surface area contributed by atoms with Gasteiger partial charge in [0, 0.05) is 25.1 Å². The van der Waals surface area contributed by atoms with Crippen molar-refractivity contribution in [3.05, 3.63) is 35.1 Å². The minimum absolute atomic E-state index is 0.0316. The first-order chi connectivity index (χ1) is 19.4. The van der Waals surface area contributed by atoms with E-state index in [-0.39, 0.29) is 23.6 Å². The lowest BCUT2D eigenvalue weighted by molar-refractivity contribution is -0.168. The smallest absolute Gasteiger partial charge is 0.352 e. The Kier molecular flexibility index (Phi) is 7.49. The number of allylic oxidation sites excluding steroid dienone is 1. The highest BCUT2D eigenvalue weighted by Gasteiger charge is 2.68. The number of nitrogens with one attached hydrogen (secondary N) is 2. The number of likely N-dealkylation sites (tertiary alicyclic amines) is 1. The van der Waals surface area contributed by atoms with Gasteiger partial charge in [0.1, 0.15) is 17.8 Å². The molecule has 1 saturated heterocycles. The summed E-state index contributed by atoms with van der Waals surface area (Å²) in [4.78, 5) is 51.4. The van der Waals surface area contributed by atoms with Crippen LogP contribution in [0.15, 0.2) is 24.0 Å². The molecule has 5 rings (SSSR count). The van der Waals surface area contributed by atoms with E-state index < -0.39 is 53.7 Å². The third-order valence-electron chi connectivity index (χ3n) is 8.82. The van der Waals surface area contributed by atoms with Crippen LogP contribution in [-0.4, -0.2) is 90.9 Å². The number of β-amino-alcohol motifs (C(OH)–C–C–N with tert-alkyl or cyclic N) is 1. The van der Waals surface area contributed by atoms with Gasteiger partial charge in [0.15, 0.2) is 23.7 Å². The van der Waals surface area contributed by atoms with Crippen molar-refractivity contribution >= 4 is 23.8 Å². The molecule has 41 heavy (non-hydrogen) atoms. The van der Waals surface area contributed by atoms with Gasteiger partial charge >= 0.3 is 11.9 Å². The second kappa shape index (κ2) is 10.6. The summed E-state index contributed by atoms with van der Waals surface area (Å²) >= 11 is 0. The summed E-state index contributed by atoms with van der Waals surface area (Å²) in [5.74, 6) is -1.22. The van der Waals surface area contributed by atoms with Crippen molar-refractivity contribution in [1.82, 2.24) is 15.5 Å². The number of rotatable bonds is 8. The Bertz CT molecular complexity index is 1310. The normalized spacial score (nSPS) is 29.5. The quantitative estimate of drug-likeness (QED) is 0.372. The van der Waals surface area contributed by atoms with Gasteiger partial charge in [-0.2, -0.15) is 0 Å². The van der Waals surface area contributed by atoms with E-state index in [1.807, 2.05) is 25.3 Å². The summed E-state index contributed by atoms with van der Waals surface area (Å²) in [6, 6.07) is 2.13. The summed E-state index contributed by atoms with van der Waals surface area (Å²) in [5, 5.41) is 16.5. The summed E-state index contributed by atoms with van der Waals surface area (Å²) in [6.45, 7) is 5.99. The molecule has 1 spiro atoms. The Labute approximate surface area is 238 Å². The van der Waals surface area contributed by atoms with Gasteiger partial charge in [-0.05, 0) is 64.3 Å². The van der Waals surface area contributed by atoms with Gasteiger partial charge in [-0.25, -0.2) is 9.59 Å². The van der Waals surface area contributed by atoms with Gasteiger partial charge in [-0.15, -0.1) is 0 Å². The van der Waals surface area contributed by atoms with E-state index in [9.17, 15) is 24.3 Å². The number of aliphatic hydroxyl groups excluding tert-OH is 1. The summed E-state index contributed by atoms with van der Waals surface area (Å²) in [7, 11) is 3.58. The molecule has 12 heteroatoms. The van der Waals surface area contributed by atoms with E-state index in [1.54, 1.807) is 7.11 Å². The lowest BCUT2D eigenvalue weighted by atomic mass is 9.52. The maximum atomic E-state index is 13.1. The van der Waals surface area contributed by atoms with Crippen molar-refractivity contribution in [2.24, 2.45) is 5.92 Å². The molecular formula is C29H37N3O9. The molecule has 4 aliphatic rings. The SMILES string of the molecule is COc1ccc2c3c1OC1C(OC(=O)C(C)OC(=O)[C@H](C)NC(=O)[C@H](C)NC(C)=O)=CCC4C(C2)N(C)CC(O)C314. The molecule has 1 aromatic rings. The topological polar surface area (TPSA) is 153 Å². The van der Waals surface area contributed by atoms with Crippen LogP contribution in [0.5, 0.6) is 11.5 Å². The van der Waals surface area contributed by atoms with Crippen LogP contribution in [0.2, 0.25) is 0 Å². The summed E-state index contributed by atoms with van der Waals surface area (Å²) in [6.07, 6.45) is 0.363. The highest BCUT2D eigenvalue weighted by molar-refractivity contribution is 5.90. The number of carbonyl (C=O) groups is 4. The van der Waals surface area contributed by atoms with Gasteiger partial charge in [0.25, 0.3) is 0 Å². The molecular weight excluding hydrogens is 534 g/mol. The van der Waals surface area contributed by atoms with Gasteiger partial charge in [0.2, 0.25) is 11.8 Å². The zero-order valence-corrected chi connectivity index (χ0v) is 24.1. The first kappa shape index (κ1) is 28.9. The Morgan fingerprint density at radius 1 is 1.12 bits per heavy atom. The number of benzene rings is 1. The molecule has 0 aromatic heterocycles. The maximum Gasteiger partial charge on any atom is 0.352 e. The number of esters is 2. The number of hydrogen-bond acceptors (Lipinski definition) is 10. The van der Waals surface area contributed by atoms with Crippen LogP contribution >= 0.6 is 0 Å². The number of amides is 2. The molecule has 222 valence electrons. The first-order valence-corrected chi connectivity index (χ1v) is 13.8. The molecule has 12 nitrogen and oxygen atoms in total. The van der Waals surface area contributed by atoms with Crippen molar-refractivity contribution in [1.29, 1.82) is 0 Å². The largest absolute Gasteiger partial charge is 0.493 e. The van der Waals surface area contributed by atoms with Gasteiger partial charge in [-0.3, -0.25) is 9.59 Å². The minimum Gasteiger partial charge on any atom is -0.493 e. The van der Waals surface area contributed by atoms with Crippen LogP contribution in [-0.2, 0) is 40.5 Å². The monoisotopic (exact) mass is 571 g/mol. The number of carbonyl (C=O) groups excluding carboxylic acids is 4. The average Bonchev–Trinajstić information content (AvgIpc) is 3.29. The van der Waals surface area contributed by atoms with Crippen molar-refractivity contribution < 1.29 is 43.2 Å². The second-order valence-electron chi connectivity index (χ2n) is 11.4. The van der Waals surface area contributed by atoms with Crippen molar-refractivity contribution in [3.63, 3.8) is 0 Å². The van der Waals surface area contributed by atoms with Crippen LogP contribution in [0, 0.1) is 5.92 Å². The summed E-state index contributed by atoms with van der Waals surface area (Å²) in [5.41, 5.74) is 1.18. The number of aliphatic hydroxyl groups is 1. The van der Waals surface area contributed by atoms with Crippen molar-refractivity contribution in [3.8, 4) is 11.5 Å². The van der Waals surface area contributed by atoms with E-state index in [2.05, 4.69) is 15.5 Å². The predicted octanol–water partition coefficient (Wildman–Crippen LogP) is 0.333. The molecule has 8 atom stereocenters. The molecule has 2 aliphatic carbocycles. The average molecular weight is 572 g/mol. The zero-order valence-electron chi connectivity index (χ0n) is 24.1. The predicted molar refractivity (Wildman–Crippen MR) is 144 cm³/mol. The van der Waals surface area contributed by atoms with E-state index in [4.69, 9.17) is 18.9 Å². The molecule has 0 radical (unpaired) electrons. The molecule has 0 saturated carbocycles. The van der Waals surface area contributed by atoms with Gasteiger partial charge in [0.05, 0.1) is 18.6 Å². The third kappa shape index (κ3) is 4.62. The van der Waals surface area contributed by atoms with E-state index in [0.29, 0.717) is 24.5 Å². The van der Waals surface area contributed by atoms with E-state index >= 15 is 0 Å². The molecule has 2 amide bonds. The molecule has 1 fully saturated rings. The third-order valence-corrected chi connectivity index (χ3v) is 8.82. The van der Waals surface area contributed by atoms with E-state index in [1.165, 1.54) is 27.7 Å². The molecule has 2 aliphatic heterocycles. The molecule has 1 aromatic carbocycles. The number of nitrogens with zero attached hydrogens (tertiary/aromatic N) is 1. The number of methoxy groups -OCH3 is 1. The lowest BCUT2D eigenvalue weighted by Crippen LogP contribution is -2.70. The van der Waals surface area contributed by atoms with Crippen molar-refractivity contribution in [2.45, 2.75) is 82.4 Å². The second-order valence-corrected chi connectivity index (χ2v) is 11.4. The lowest BCUT2D eigenvalue weighted by Gasteiger charge is -2.58. The Hall–Kier alpha value is -3.64. The number of ether oxygens (including phenoxy) is 4. The standard InChI is InChI=1S/C29H37N3O9/c1-13(30-16(4)33)26(35)31-14(2)27(36)39-15(3)28(37)40-21-10-8-18-19-11-17-7-9-20(38-6)24-23(17)29(18,25(21)41-24)22(34)12-32(19)5/h7,9-10,13-15,18-19,22,25,34H,8,11-12H2,1-6H3,(H,30,33)(H,31,35)/t13-,14-,15?,18?,19?,22?,25?,29?/m0/s1. The van der Waals surface area contributed by atoms with Crippen LogP contribution in [0.3, 0.4) is 0 Å². The number of piperidine rings is 1. The molecule has 2 bridgehead atoms. The molecule has 3 N–H and O–H groups in total. The Balaban J connectivity index is 1.33. The van der Waals surface area contributed by atoms with Crippen LogP contribution in [0.4, 0.5) is 0 Å². The zero-order chi connectivity index (χ0) is 29.8.